The minimum atomic E-state index is 0.403. The van der Waals surface area contributed by atoms with E-state index in [-0.39, 0.29) is 0 Å². The third kappa shape index (κ3) is 2.78. The molecule has 1 aliphatic rings. The average molecular weight is 226 g/mol. The standard InChI is InChI=1S/C14H30N2/c1-6-13(7-2)12(5)16-9-8-14(15)10(3)11(16)4/h10-14H,6-9,15H2,1-5H3. The van der Waals surface area contributed by atoms with E-state index in [1.165, 1.54) is 19.4 Å². The lowest BCUT2D eigenvalue weighted by Gasteiger charge is -2.46. The van der Waals surface area contributed by atoms with Crippen molar-refractivity contribution >= 4 is 0 Å². The SMILES string of the molecule is CCC(CC)C(C)N1CCC(N)C(C)C1C. The van der Waals surface area contributed by atoms with Crippen molar-refractivity contribution in [2.24, 2.45) is 17.6 Å². The first-order valence-electron chi connectivity index (χ1n) is 7.04. The highest BCUT2D eigenvalue weighted by molar-refractivity contribution is 4.90. The predicted octanol–water partition coefficient (Wildman–Crippen LogP) is 2.87. The van der Waals surface area contributed by atoms with Gasteiger partial charge in [0.15, 0.2) is 0 Å². The lowest BCUT2D eigenvalue weighted by molar-refractivity contribution is 0.0364. The lowest BCUT2D eigenvalue weighted by Crippen LogP contribution is -2.55. The third-order valence-corrected chi connectivity index (χ3v) is 4.93. The zero-order valence-corrected chi connectivity index (χ0v) is 11.7. The zero-order chi connectivity index (χ0) is 12.3. The minimum Gasteiger partial charge on any atom is -0.327 e. The van der Waals surface area contributed by atoms with Crippen LogP contribution in [0.2, 0.25) is 0 Å². The van der Waals surface area contributed by atoms with Gasteiger partial charge in [0.05, 0.1) is 0 Å². The molecule has 0 bridgehead atoms. The molecule has 0 radical (unpaired) electrons. The molecule has 0 aromatic carbocycles. The van der Waals surface area contributed by atoms with Crippen LogP contribution in [0.5, 0.6) is 0 Å². The molecular formula is C14H30N2. The molecule has 2 heteroatoms. The van der Waals surface area contributed by atoms with Gasteiger partial charge < -0.3 is 5.73 Å². The van der Waals surface area contributed by atoms with Crippen molar-refractivity contribution in [3.8, 4) is 0 Å². The number of nitrogens with zero attached hydrogens (tertiary/aromatic N) is 1. The van der Waals surface area contributed by atoms with E-state index in [0.717, 1.165) is 12.3 Å². The summed E-state index contributed by atoms with van der Waals surface area (Å²) in [6, 6.07) is 1.75. The normalized spacial score (nSPS) is 34.3. The van der Waals surface area contributed by atoms with Crippen LogP contribution in [-0.2, 0) is 0 Å². The lowest BCUT2D eigenvalue weighted by atomic mass is 9.84. The van der Waals surface area contributed by atoms with Crippen molar-refractivity contribution in [3.05, 3.63) is 0 Å². The number of hydrogen-bond acceptors (Lipinski definition) is 2. The summed E-state index contributed by atoms with van der Waals surface area (Å²) < 4.78 is 0. The van der Waals surface area contributed by atoms with Gasteiger partial charge >= 0.3 is 0 Å². The smallest absolute Gasteiger partial charge is 0.0110 e. The van der Waals surface area contributed by atoms with Gasteiger partial charge in [0, 0.05) is 24.7 Å². The Balaban J connectivity index is 2.65. The van der Waals surface area contributed by atoms with Crippen LogP contribution in [0.25, 0.3) is 0 Å². The van der Waals surface area contributed by atoms with Gasteiger partial charge in [-0.3, -0.25) is 4.90 Å². The van der Waals surface area contributed by atoms with E-state index in [2.05, 4.69) is 39.5 Å². The van der Waals surface area contributed by atoms with E-state index in [4.69, 9.17) is 5.73 Å². The van der Waals surface area contributed by atoms with Gasteiger partial charge in [-0.15, -0.1) is 0 Å². The van der Waals surface area contributed by atoms with Crippen molar-refractivity contribution in [2.45, 2.75) is 72.0 Å². The Morgan fingerprint density at radius 3 is 2.31 bits per heavy atom. The van der Waals surface area contributed by atoms with Crippen LogP contribution in [0.3, 0.4) is 0 Å². The Bertz CT molecular complexity index is 201. The largest absolute Gasteiger partial charge is 0.327 e. The summed E-state index contributed by atoms with van der Waals surface area (Å²) in [5.74, 6) is 1.47. The summed E-state index contributed by atoms with van der Waals surface area (Å²) in [5.41, 5.74) is 6.15. The fourth-order valence-corrected chi connectivity index (χ4v) is 3.24. The molecule has 0 spiro atoms. The van der Waals surface area contributed by atoms with Gasteiger partial charge in [-0.25, -0.2) is 0 Å². The number of likely N-dealkylation sites (tertiary alicyclic amines) is 1. The van der Waals surface area contributed by atoms with Gasteiger partial charge in [0.2, 0.25) is 0 Å². The van der Waals surface area contributed by atoms with Crippen molar-refractivity contribution in [1.29, 1.82) is 0 Å². The molecule has 1 rings (SSSR count). The second-order valence-corrected chi connectivity index (χ2v) is 5.61. The van der Waals surface area contributed by atoms with Gasteiger partial charge in [0.25, 0.3) is 0 Å². The topological polar surface area (TPSA) is 29.3 Å². The summed E-state index contributed by atoms with van der Waals surface area (Å²) in [5, 5.41) is 0. The van der Waals surface area contributed by atoms with Crippen LogP contribution in [0.4, 0.5) is 0 Å². The first-order valence-corrected chi connectivity index (χ1v) is 7.04. The van der Waals surface area contributed by atoms with Crippen LogP contribution < -0.4 is 5.73 Å². The maximum Gasteiger partial charge on any atom is 0.0110 e. The van der Waals surface area contributed by atoms with Crippen LogP contribution >= 0.6 is 0 Å². The van der Waals surface area contributed by atoms with Gasteiger partial charge in [-0.05, 0) is 32.1 Å². The molecular weight excluding hydrogens is 196 g/mol. The molecule has 0 amide bonds. The Morgan fingerprint density at radius 2 is 1.81 bits per heavy atom. The number of hydrogen-bond donors (Lipinski definition) is 1. The monoisotopic (exact) mass is 226 g/mol. The Kier molecular flexibility index (Phi) is 5.26. The molecule has 0 aromatic rings. The number of rotatable bonds is 4. The predicted molar refractivity (Wildman–Crippen MR) is 71.5 cm³/mol. The van der Waals surface area contributed by atoms with Crippen molar-refractivity contribution in [1.82, 2.24) is 4.90 Å². The molecule has 1 aliphatic heterocycles. The minimum absolute atomic E-state index is 0.403. The van der Waals surface area contributed by atoms with Gasteiger partial charge in [-0.2, -0.15) is 0 Å². The molecule has 0 saturated carbocycles. The molecule has 1 saturated heterocycles. The van der Waals surface area contributed by atoms with Crippen molar-refractivity contribution in [2.75, 3.05) is 6.54 Å². The second-order valence-electron chi connectivity index (χ2n) is 5.61. The van der Waals surface area contributed by atoms with Crippen LogP contribution in [-0.4, -0.2) is 29.6 Å². The second kappa shape index (κ2) is 6.02. The van der Waals surface area contributed by atoms with Crippen molar-refractivity contribution < 1.29 is 0 Å². The summed E-state index contributed by atoms with van der Waals surface area (Å²) in [4.78, 5) is 2.69. The Hall–Kier alpha value is -0.0800. The maximum atomic E-state index is 6.15. The van der Waals surface area contributed by atoms with E-state index < -0.39 is 0 Å². The highest BCUT2D eigenvalue weighted by atomic mass is 15.2. The van der Waals surface area contributed by atoms with Gasteiger partial charge in [0.1, 0.15) is 0 Å². The van der Waals surface area contributed by atoms with Crippen LogP contribution in [0.1, 0.15) is 53.9 Å². The highest BCUT2D eigenvalue weighted by Gasteiger charge is 2.34. The van der Waals surface area contributed by atoms with Crippen LogP contribution in [0.15, 0.2) is 0 Å². The van der Waals surface area contributed by atoms with Crippen molar-refractivity contribution in [3.63, 3.8) is 0 Å². The first-order chi connectivity index (χ1) is 7.52. The highest BCUT2D eigenvalue weighted by Crippen LogP contribution is 2.28. The Labute approximate surface area is 102 Å². The molecule has 96 valence electrons. The molecule has 4 unspecified atom stereocenters. The van der Waals surface area contributed by atoms with Crippen LogP contribution in [0, 0.1) is 11.8 Å². The maximum absolute atomic E-state index is 6.15. The van der Waals surface area contributed by atoms with E-state index in [0.29, 0.717) is 24.0 Å². The quantitative estimate of drug-likeness (QED) is 0.798. The summed E-state index contributed by atoms with van der Waals surface area (Å²) in [6.45, 7) is 12.9. The fourth-order valence-electron chi connectivity index (χ4n) is 3.24. The first kappa shape index (κ1) is 14.0. The average Bonchev–Trinajstić information content (AvgIpc) is 2.27. The molecule has 2 N–H and O–H groups in total. The van der Waals surface area contributed by atoms with Gasteiger partial charge in [-0.1, -0.05) is 33.6 Å². The third-order valence-electron chi connectivity index (χ3n) is 4.93. The molecule has 0 aromatic heterocycles. The number of piperidine rings is 1. The molecule has 1 heterocycles. The summed E-state index contributed by atoms with van der Waals surface area (Å²) >= 11 is 0. The molecule has 2 nitrogen and oxygen atoms in total. The molecule has 16 heavy (non-hydrogen) atoms. The summed E-state index contributed by atoms with van der Waals surface area (Å²) in [6.07, 6.45) is 3.75. The summed E-state index contributed by atoms with van der Waals surface area (Å²) in [7, 11) is 0. The number of nitrogens with two attached hydrogens (primary N) is 1. The Morgan fingerprint density at radius 1 is 1.25 bits per heavy atom. The zero-order valence-electron chi connectivity index (χ0n) is 11.7. The van der Waals surface area contributed by atoms with E-state index in [1.807, 2.05) is 0 Å². The molecule has 4 atom stereocenters. The van der Waals surface area contributed by atoms with E-state index >= 15 is 0 Å². The van der Waals surface area contributed by atoms with E-state index in [1.54, 1.807) is 0 Å². The fraction of sp³-hybridized carbons (Fsp3) is 1.00. The molecule has 1 fully saturated rings. The molecule has 0 aliphatic carbocycles. The van der Waals surface area contributed by atoms with E-state index in [9.17, 15) is 0 Å².